The molecule has 1 fully saturated rings. The van der Waals surface area contributed by atoms with Gasteiger partial charge in [0.1, 0.15) is 0 Å². The van der Waals surface area contributed by atoms with Gasteiger partial charge in [0.25, 0.3) is 0 Å². The van der Waals surface area contributed by atoms with Gasteiger partial charge < -0.3 is 0 Å². The van der Waals surface area contributed by atoms with Gasteiger partial charge >= 0.3 is 0 Å². The van der Waals surface area contributed by atoms with Crippen LogP contribution in [0.5, 0.6) is 0 Å². The molecule has 1 heterocycles. The summed E-state index contributed by atoms with van der Waals surface area (Å²) in [5.41, 5.74) is 3.05. The third-order valence-electron chi connectivity index (χ3n) is 6.02. The highest BCUT2D eigenvalue weighted by Crippen LogP contribution is 2.50. The van der Waals surface area contributed by atoms with Gasteiger partial charge in [-0.1, -0.05) is 49.4 Å². The number of benzene rings is 2. The van der Waals surface area contributed by atoms with Crippen molar-refractivity contribution in [1.29, 1.82) is 0 Å². The smallest absolute Gasteiger partial charge is 0.207 e. The van der Waals surface area contributed by atoms with Gasteiger partial charge in [-0.3, -0.25) is 0 Å². The number of hydrogen-bond acceptors (Lipinski definition) is 2. The summed E-state index contributed by atoms with van der Waals surface area (Å²) in [4.78, 5) is 0.404. The van der Waals surface area contributed by atoms with E-state index >= 15 is 0 Å². The van der Waals surface area contributed by atoms with E-state index < -0.39 is 10.0 Å². The van der Waals surface area contributed by atoms with E-state index in [1.165, 1.54) is 11.1 Å². The molecule has 0 saturated carbocycles. The second-order valence-corrected chi connectivity index (χ2v) is 9.07. The first-order valence-corrected chi connectivity index (χ1v) is 10.1. The minimum Gasteiger partial charge on any atom is -0.207 e. The molecule has 0 N–H and O–H groups in total. The number of rotatable bonds is 2. The Kier molecular flexibility index (Phi) is 3.77. The molecule has 1 atom stereocenters. The van der Waals surface area contributed by atoms with Crippen LogP contribution in [0.1, 0.15) is 30.9 Å². The van der Waals surface area contributed by atoms with Crippen LogP contribution in [0.2, 0.25) is 0 Å². The summed E-state index contributed by atoms with van der Waals surface area (Å²) in [5.74, 6) is 0.580. The average Bonchev–Trinajstić information content (AvgIpc) is 2.88. The molecule has 0 bridgehead atoms. The van der Waals surface area contributed by atoms with E-state index in [9.17, 15) is 8.42 Å². The fourth-order valence-corrected chi connectivity index (χ4v) is 6.07. The van der Waals surface area contributed by atoms with Gasteiger partial charge in [-0.15, -0.1) is 0 Å². The zero-order valence-electron chi connectivity index (χ0n) is 14.0. The topological polar surface area (TPSA) is 37.4 Å². The van der Waals surface area contributed by atoms with Crippen molar-refractivity contribution in [2.45, 2.75) is 36.5 Å². The van der Waals surface area contributed by atoms with Gasteiger partial charge in [-0.2, -0.15) is 4.31 Å². The van der Waals surface area contributed by atoms with E-state index in [2.05, 4.69) is 31.2 Å². The first-order chi connectivity index (χ1) is 11.5. The van der Waals surface area contributed by atoms with Crippen LogP contribution in [-0.4, -0.2) is 25.8 Å². The average molecular weight is 341 g/mol. The SMILES string of the molecule is C[C@H]1Cc2ccccc2C12CCN(S(=O)(=O)c1ccccc1)CC2. The molecule has 24 heavy (non-hydrogen) atoms. The van der Waals surface area contributed by atoms with Crippen molar-refractivity contribution in [1.82, 2.24) is 4.31 Å². The lowest BCUT2D eigenvalue weighted by Gasteiger charge is -2.42. The van der Waals surface area contributed by atoms with E-state index in [4.69, 9.17) is 0 Å². The maximum Gasteiger partial charge on any atom is 0.243 e. The highest BCUT2D eigenvalue weighted by molar-refractivity contribution is 7.89. The molecule has 4 rings (SSSR count). The van der Waals surface area contributed by atoms with Crippen LogP contribution in [0.4, 0.5) is 0 Å². The standard InChI is InChI=1S/C20H23NO2S/c1-16-15-17-7-5-6-10-19(17)20(16)11-13-21(14-12-20)24(22,23)18-8-3-2-4-9-18/h2-10,16H,11-15H2,1H3/t16-/m0/s1. The number of hydrogen-bond donors (Lipinski definition) is 0. The Bertz CT molecular complexity index is 837. The zero-order valence-corrected chi connectivity index (χ0v) is 14.8. The molecule has 0 aromatic heterocycles. The summed E-state index contributed by atoms with van der Waals surface area (Å²) in [7, 11) is -3.37. The van der Waals surface area contributed by atoms with Gasteiger partial charge in [0.15, 0.2) is 0 Å². The molecule has 126 valence electrons. The molecule has 1 aliphatic heterocycles. The Morgan fingerprint density at radius 1 is 0.958 bits per heavy atom. The molecule has 2 aromatic rings. The van der Waals surface area contributed by atoms with E-state index in [1.807, 2.05) is 6.07 Å². The highest BCUT2D eigenvalue weighted by atomic mass is 32.2. The predicted molar refractivity (Wildman–Crippen MR) is 95.4 cm³/mol. The Balaban J connectivity index is 1.60. The van der Waals surface area contributed by atoms with Gasteiger partial charge in [-0.25, -0.2) is 8.42 Å². The van der Waals surface area contributed by atoms with E-state index in [1.54, 1.807) is 28.6 Å². The predicted octanol–water partition coefficient (Wildman–Crippen LogP) is 3.60. The minimum absolute atomic E-state index is 0.152. The molecule has 0 unspecified atom stereocenters. The second kappa shape index (κ2) is 5.71. The second-order valence-electron chi connectivity index (χ2n) is 7.14. The summed E-state index contributed by atoms with van der Waals surface area (Å²) < 4.78 is 27.4. The van der Waals surface area contributed by atoms with Crippen LogP contribution in [-0.2, 0) is 21.9 Å². The van der Waals surface area contributed by atoms with Crippen molar-refractivity contribution in [2.24, 2.45) is 5.92 Å². The first kappa shape index (κ1) is 15.9. The number of sulfonamides is 1. The summed E-state index contributed by atoms with van der Waals surface area (Å²) >= 11 is 0. The number of fused-ring (bicyclic) bond motifs is 2. The quantitative estimate of drug-likeness (QED) is 0.837. The molecule has 0 radical (unpaired) electrons. The van der Waals surface area contributed by atoms with Crippen molar-refractivity contribution in [3.8, 4) is 0 Å². The van der Waals surface area contributed by atoms with Crippen LogP contribution >= 0.6 is 0 Å². The Morgan fingerprint density at radius 2 is 1.58 bits per heavy atom. The van der Waals surface area contributed by atoms with Gasteiger partial charge in [0, 0.05) is 18.5 Å². The summed E-state index contributed by atoms with van der Waals surface area (Å²) in [5, 5.41) is 0. The maximum absolute atomic E-state index is 12.8. The van der Waals surface area contributed by atoms with Gasteiger partial charge in [0.05, 0.1) is 4.90 Å². The molecular weight excluding hydrogens is 318 g/mol. The molecule has 4 heteroatoms. The summed E-state index contributed by atoms with van der Waals surface area (Å²) in [6.07, 6.45) is 2.94. The van der Waals surface area contributed by atoms with Crippen molar-refractivity contribution in [3.63, 3.8) is 0 Å². The van der Waals surface area contributed by atoms with Crippen LogP contribution < -0.4 is 0 Å². The lowest BCUT2D eigenvalue weighted by molar-refractivity contribution is 0.184. The van der Waals surface area contributed by atoms with E-state index in [0.717, 1.165) is 19.3 Å². The molecule has 1 spiro atoms. The molecule has 1 saturated heterocycles. The largest absolute Gasteiger partial charge is 0.243 e. The fraction of sp³-hybridized carbons (Fsp3) is 0.400. The van der Waals surface area contributed by atoms with Crippen molar-refractivity contribution < 1.29 is 8.42 Å². The Morgan fingerprint density at radius 3 is 2.29 bits per heavy atom. The van der Waals surface area contributed by atoms with Crippen LogP contribution in [0.15, 0.2) is 59.5 Å². The summed E-state index contributed by atoms with van der Waals surface area (Å²) in [6, 6.07) is 17.5. The van der Waals surface area contributed by atoms with E-state index in [0.29, 0.717) is 23.9 Å². The Hall–Kier alpha value is -1.65. The van der Waals surface area contributed by atoms with E-state index in [-0.39, 0.29) is 5.41 Å². The van der Waals surface area contributed by atoms with Crippen LogP contribution in [0.25, 0.3) is 0 Å². The highest BCUT2D eigenvalue weighted by Gasteiger charge is 2.47. The van der Waals surface area contributed by atoms with Crippen molar-refractivity contribution in [2.75, 3.05) is 13.1 Å². The molecular formula is C20H23NO2S. The minimum atomic E-state index is -3.37. The van der Waals surface area contributed by atoms with Crippen molar-refractivity contribution >= 4 is 10.0 Å². The lowest BCUT2D eigenvalue weighted by atomic mass is 9.69. The number of nitrogens with zero attached hydrogens (tertiary/aromatic N) is 1. The molecule has 2 aromatic carbocycles. The fourth-order valence-electron chi connectivity index (χ4n) is 4.60. The molecule has 2 aliphatic rings. The normalized spacial score (nSPS) is 23.3. The van der Waals surface area contributed by atoms with Crippen LogP contribution in [0, 0.1) is 5.92 Å². The molecule has 1 aliphatic carbocycles. The van der Waals surface area contributed by atoms with Crippen molar-refractivity contribution in [3.05, 3.63) is 65.7 Å². The van der Waals surface area contributed by atoms with Gasteiger partial charge in [0.2, 0.25) is 10.0 Å². The number of piperidine rings is 1. The molecule has 0 amide bonds. The first-order valence-electron chi connectivity index (χ1n) is 8.68. The zero-order chi connectivity index (χ0) is 16.8. The lowest BCUT2D eigenvalue weighted by Crippen LogP contribution is -2.46. The third-order valence-corrected chi connectivity index (χ3v) is 7.93. The maximum atomic E-state index is 12.8. The summed E-state index contributed by atoms with van der Waals surface area (Å²) in [6.45, 7) is 3.53. The Labute approximate surface area is 144 Å². The molecule has 3 nitrogen and oxygen atoms in total. The third kappa shape index (κ3) is 2.32. The van der Waals surface area contributed by atoms with Gasteiger partial charge in [-0.05, 0) is 48.4 Å². The van der Waals surface area contributed by atoms with Crippen LogP contribution in [0.3, 0.4) is 0 Å². The monoisotopic (exact) mass is 341 g/mol.